The molecule has 0 aliphatic carbocycles. The Bertz CT molecular complexity index is 398. The Morgan fingerprint density at radius 3 is 1.89 bits per heavy atom. The quantitative estimate of drug-likeness (QED) is 0.762. The average molecular weight is 261 g/mol. The molecule has 0 heterocycles. The van der Waals surface area contributed by atoms with Crippen LogP contribution in [0.25, 0.3) is 0 Å². The molecule has 0 aromatic heterocycles. The minimum Gasteiger partial charge on any atom is -0.312 e. The van der Waals surface area contributed by atoms with Crippen molar-refractivity contribution < 1.29 is 0 Å². The van der Waals surface area contributed by atoms with Crippen LogP contribution in [0.5, 0.6) is 0 Å². The summed E-state index contributed by atoms with van der Waals surface area (Å²) >= 11 is 0. The summed E-state index contributed by atoms with van der Waals surface area (Å²) in [6, 6.07) is 2.31. The first-order valence-electron chi connectivity index (χ1n) is 7.53. The number of hydrogen-bond acceptors (Lipinski definition) is 1. The highest BCUT2D eigenvalue weighted by atomic mass is 14.9. The maximum Gasteiger partial charge on any atom is 0.00965 e. The predicted octanol–water partition coefficient (Wildman–Crippen LogP) is 4.63. The molecule has 0 unspecified atom stereocenters. The molecular formula is C18H31N. The number of aryl methyl sites for hydroxylation is 2. The fraction of sp³-hybridized carbons (Fsp3) is 0.667. The molecule has 1 N–H and O–H groups in total. The second-order valence-corrected chi connectivity index (χ2v) is 6.87. The lowest BCUT2D eigenvalue weighted by atomic mass is 9.91. The van der Waals surface area contributed by atoms with Crippen LogP contribution in [0.15, 0.2) is 6.07 Å². The van der Waals surface area contributed by atoms with E-state index in [0.29, 0.717) is 0 Å². The minimum absolute atomic E-state index is 0.242. The zero-order valence-corrected chi connectivity index (χ0v) is 13.9. The van der Waals surface area contributed by atoms with Crippen molar-refractivity contribution in [3.63, 3.8) is 0 Å². The van der Waals surface area contributed by atoms with Gasteiger partial charge in [0.1, 0.15) is 0 Å². The highest BCUT2D eigenvalue weighted by Crippen LogP contribution is 2.23. The monoisotopic (exact) mass is 261 g/mol. The summed E-state index contributed by atoms with van der Waals surface area (Å²) < 4.78 is 0. The lowest BCUT2D eigenvalue weighted by Crippen LogP contribution is -2.36. The van der Waals surface area contributed by atoms with E-state index >= 15 is 0 Å². The van der Waals surface area contributed by atoms with Crippen LogP contribution in [-0.4, -0.2) is 12.1 Å². The van der Waals surface area contributed by atoms with Crippen molar-refractivity contribution >= 4 is 0 Å². The van der Waals surface area contributed by atoms with Gasteiger partial charge < -0.3 is 5.32 Å². The largest absolute Gasteiger partial charge is 0.312 e. The summed E-state index contributed by atoms with van der Waals surface area (Å²) in [6.07, 6.45) is 3.74. The first-order valence-corrected chi connectivity index (χ1v) is 7.53. The van der Waals surface area contributed by atoms with Crippen molar-refractivity contribution in [1.29, 1.82) is 0 Å². The molecule has 0 bridgehead atoms. The highest BCUT2D eigenvalue weighted by molar-refractivity contribution is 5.43. The zero-order chi connectivity index (χ0) is 14.6. The Morgan fingerprint density at radius 2 is 1.42 bits per heavy atom. The van der Waals surface area contributed by atoms with Gasteiger partial charge in [0.05, 0.1) is 0 Å². The van der Waals surface area contributed by atoms with E-state index < -0.39 is 0 Å². The summed E-state index contributed by atoms with van der Waals surface area (Å²) in [6.45, 7) is 16.8. The molecule has 0 spiro atoms. The van der Waals surface area contributed by atoms with E-state index in [9.17, 15) is 0 Å². The molecule has 1 aromatic carbocycles. The molecule has 19 heavy (non-hydrogen) atoms. The van der Waals surface area contributed by atoms with Crippen LogP contribution in [0.4, 0.5) is 0 Å². The molecule has 108 valence electrons. The van der Waals surface area contributed by atoms with Crippen molar-refractivity contribution in [2.45, 2.75) is 73.3 Å². The van der Waals surface area contributed by atoms with Gasteiger partial charge in [0.2, 0.25) is 0 Å². The molecule has 0 saturated heterocycles. The SMILES string of the molecule is Cc1cc(C)c(C)c(CCCCNC(C)(C)C)c1C. The van der Waals surface area contributed by atoms with Gasteiger partial charge in [0, 0.05) is 5.54 Å². The smallest absolute Gasteiger partial charge is 0.00965 e. The molecule has 1 heteroatoms. The second kappa shape index (κ2) is 6.56. The van der Waals surface area contributed by atoms with E-state index in [1.807, 2.05) is 0 Å². The molecule has 0 radical (unpaired) electrons. The molecule has 0 saturated carbocycles. The van der Waals surface area contributed by atoms with Crippen LogP contribution in [-0.2, 0) is 6.42 Å². The first-order chi connectivity index (χ1) is 8.72. The van der Waals surface area contributed by atoms with Crippen molar-refractivity contribution in [3.05, 3.63) is 33.9 Å². The van der Waals surface area contributed by atoms with Crippen molar-refractivity contribution in [1.82, 2.24) is 5.32 Å². The number of unbranched alkanes of at least 4 members (excludes halogenated alkanes) is 1. The third-order valence-electron chi connectivity index (χ3n) is 4.03. The minimum atomic E-state index is 0.242. The van der Waals surface area contributed by atoms with E-state index in [1.165, 1.54) is 41.5 Å². The maximum absolute atomic E-state index is 3.56. The summed E-state index contributed by atoms with van der Waals surface area (Å²) in [5.41, 5.74) is 7.68. The summed E-state index contributed by atoms with van der Waals surface area (Å²) in [4.78, 5) is 0. The Morgan fingerprint density at radius 1 is 0.895 bits per heavy atom. The van der Waals surface area contributed by atoms with Crippen LogP contribution < -0.4 is 5.32 Å². The van der Waals surface area contributed by atoms with Crippen molar-refractivity contribution in [2.75, 3.05) is 6.54 Å². The van der Waals surface area contributed by atoms with E-state index in [0.717, 1.165) is 6.54 Å². The third kappa shape index (κ3) is 4.99. The number of nitrogens with one attached hydrogen (secondary N) is 1. The fourth-order valence-corrected chi connectivity index (χ4v) is 2.56. The fourth-order valence-electron chi connectivity index (χ4n) is 2.56. The van der Waals surface area contributed by atoms with Gasteiger partial charge in [-0.1, -0.05) is 6.07 Å². The van der Waals surface area contributed by atoms with Crippen LogP contribution >= 0.6 is 0 Å². The molecule has 0 aliphatic rings. The van der Waals surface area contributed by atoms with E-state index in [1.54, 1.807) is 5.56 Å². The lowest BCUT2D eigenvalue weighted by Gasteiger charge is -2.20. The number of benzene rings is 1. The van der Waals surface area contributed by atoms with Crippen LogP contribution in [0, 0.1) is 27.7 Å². The average Bonchev–Trinajstić information content (AvgIpc) is 2.29. The second-order valence-electron chi connectivity index (χ2n) is 6.87. The van der Waals surface area contributed by atoms with Gasteiger partial charge in [0.15, 0.2) is 0 Å². The Hall–Kier alpha value is -0.820. The van der Waals surface area contributed by atoms with Gasteiger partial charge in [-0.25, -0.2) is 0 Å². The number of rotatable bonds is 5. The Labute approximate surface area is 119 Å². The van der Waals surface area contributed by atoms with Gasteiger partial charge in [-0.05, 0) is 102 Å². The normalized spacial score (nSPS) is 11.9. The third-order valence-corrected chi connectivity index (χ3v) is 4.03. The van der Waals surface area contributed by atoms with Gasteiger partial charge in [-0.15, -0.1) is 0 Å². The molecule has 1 aromatic rings. The predicted molar refractivity (Wildman–Crippen MR) is 86.1 cm³/mol. The van der Waals surface area contributed by atoms with Gasteiger partial charge in [0.25, 0.3) is 0 Å². The van der Waals surface area contributed by atoms with Crippen LogP contribution in [0.2, 0.25) is 0 Å². The Balaban J connectivity index is 2.54. The summed E-state index contributed by atoms with van der Waals surface area (Å²) in [5, 5.41) is 3.56. The standard InChI is InChI=1S/C18H31N/c1-13-12-14(2)16(4)17(15(13)3)10-8-9-11-19-18(5,6)7/h12,19H,8-11H2,1-7H3. The molecule has 1 nitrogen and oxygen atoms in total. The molecule has 1 rings (SSSR count). The summed E-state index contributed by atoms with van der Waals surface area (Å²) in [7, 11) is 0. The first kappa shape index (κ1) is 16.2. The molecule has 0 amide bonds. The van der Waals surface area contributed by atoms with Crippen molar-refractivity contribution in [3.8, 4) is 0 Å². The highest BCUT2D eigenvalue weighted by Gasteiger charge is 2.09. The summed E-state index contributed by atoms with van der Waals surface area (Å²) in [5.74, 6) is 0. The maximum atomic E-state index is 3.56. The Kier molecular flexibility index (Phi) is 5.61. The van der Waals surface area contributed by atoms with Gasteiger partial charge >= 0.3 is 0 Å². The van der Waals surface area contributed by atoms with Gasteiger partial charge in [-0.3, -0.25) is 0 Å². The van der Waals surface area contributed by atoms with Crippen LogP contribution in [0.1, 0.15) is 61.4 Å². The van der Waals surface area contributed by atoms with Crippen LogP contribution in [0.3, 0.4) is 0 Å². The zero-order valence-electron chi connectivity index (χ0n) is 13.9. The van der Waals surface area contributed by atoms with E-state index in [2.05, 4.69) is 59.8 Å². The molecule has 0 fully saturated rings. The number of hydrogen-bond donors (Lipinski definition) is 1. The molecule has 0 aliphatic heterocycles. The van der Waals surface area contributed by atoms with Crippen molar-refractivity contribution in [2.24, 2.45) is 0 Å². The van der Waals surface area contributed by atoms with E-state index in [-0.39, 0.29) is 5.54 Å². The molecular weight excluding hydrogens is 230 g/mol. The molecule has 0 atom stereocenters. The van der Waals surface area contributed by atoms with E-state index in [4.69, 9.17) is 0 Å². The topological polar surface area (TPSA) is 12.0 Å². The van der Waals surface area contributed by atoms with Gasteiger partial charge in [-0.2, -0.15) is 0 Å². The lowest BCUT2D eigenvalue weighted by molar-refractivity contribution is 0.419.